The Morgan fingerprint density at radius 1 is 0.861 bits per heavy atom. The van der Waals surface area contributed by atoms with Crippen LogP contribution in [-0.2, 0) is 13.1 Å². The van der Waals surface area contributed by atoms with E-state index in [0.29, 0.717) is 30.8 Å². The molecular formula is C28H28N4O4. The van der Waals surface area contributed by atoms with Crippen LogP contribution in [0.2, 0.25) is 0 Å². The third-order valence-corrected chi connectivity index (χ3v) is 7.94. The predicted octanol–water partition coefficient (Wildman–Crippen LogP) is 4.61. The van der Waals surface area contributed by atoms with Gasteiger partial charge in [-0.2, -0.15) is 0 Å². The molecule has 2 aromatic heterocycles. The van der Waals surface area contributed by atoms with Crippen LogP contribution >= 0.6 is 0 Å². The first-order chi connectivity index (χ1) is 17.4. The molecule has 1 aliphatic carbocycles. The number of rotatable bonds is 4. The van der Waals surface area contributed by atoms with Crippen LogP contribution in [-0.4, -0.2) is 32.0 Å². The van der Waals surface area contributed by atoms with E-state index in [2.05, 4.69) is 4.57 Å². The van der Waals surface area contributed by atoms with Crippen molar-refractivity contribution in [1.82, 2.24) is 9.13 Å². The number of carboxylic acids is 1. The van der Waals surface area contributed by atoms with Gasteiger partial charge in [-0.05, 0) is 42.9 Å². The Labute approximate surface area is 207 Å². The number of nitrogens with zero attached hydrogens (tertiary/aromatic N) is 2. The maximum atomic E-state index is 12.5. The van der Waals surface area contributed by atoms with Crippen LogP contribution in [0, 0.1) is 0 Å². The number of carbonyl (C=O) groups excluding carboxylic acids is 2. The lowest BCUT2D eigenvalue weighted by Gasteiger charge is -2.25. The molecule has 5 N–H and O–H groups in total. The zero-order valence-electron chi connectivity index (χ0n) is 19.9. The van der Waals surface area contributed by atoms with Crippen LogP contribution in [0.15, 0.2) is 36.4 Å². The van der Waals surface area contributed by atoms with Gasteiger partial charge in [0.15, 0.2) is 0 Å². The highest BCUT2D eigenvalue weighted by molar-refractivity contribution is 6.17. The van der Waals surface area contributed by atoms with Gasteiger partial charge >= 0.3 is 5.97 Å². The number of hydrogen-bond donors (Lipinski definition) is 3. The number of aromatic carboxylic acids is 1. The number of amides is 2. The summed E-state index contributed by atoms with van der Waals surface area (Å²) in [6, 6.07) is 11.1. The smallest absolute Gasteiger partial charge is 0.335 e. The lowest BCUT2D eigenvalue weighted by atomic mass is 9.81. The molecule has 36 heavy (non-hydrogen) atoms. The molecule has 3 heterocycles. The molecule has 0 atom stereocenters. The summed E-state index contributed by atoms with van der Waals surface area (Å²) in [7, 11) is 0. The first-order valence-electron chi connectivity index (χ1n) is 12.5. The number of nitrogens with two attached hydrogens (primary N) is 2. The molecule has 184 valence electrons. The predicted molar refractivity (Wildman–Crippen MR) is 137 cm³/mol. The number of carbonyl (C=O) groups is 3. The van der Waals surface area contributed by atoms with Crippen LogP contribution in [0.4, 0.5) is 0 Å². The van der Waals surface area contributed by atoms with Crippen molar-refractivity contribution in [2.45, 2.75) is 57.5 Å². The van der Waals surface area contributed by atoms with Gasteiger partial charge in [0.25, 0.3) is 11.8 Å². The fourth-order valence-electron chi connectivity index (χ4n) is 6.55. The average molecular weight is 485 g/mol. The number of para-hydroxylation sites is 1. The SMILES string of the molecule is NC(=O)c1c(C(N)=O)n2c3c(cccc13)-c1c(C3CCCCC3)c3ccc(C(=O)O)cc3n1CCC2. The number of carboxylic acid groups (broad SMARTS) is 1. The summed E-state index contributed by atoms with van der Waals surface area (Å²) >= 11 is 0. The quantitative estimate of drug-likeness (QED) is 0.390. The van der Waals surface area contributed by atoms with Crippen LogP contribution in [0.25, 0.3) is 33.1 Å². The number of aryl methyl sites for hydroxylation is 2. The Hall–Kier alpha value is -4.07. The van der Waals surface area contributed by atoms with Crippen LogP contribution in [0.1, 0.15) is 81.2 Å². The van der Waals surface area contributed by atoms with E-state index in [0.717, 1.165) is 53.4 Å². The van der Waals surface area contributed by atoms with E-state index >= 15 is 0 Å². The topological polar surface area (TPSA) is 133 Å². The summed E-state index contributed by atoms with van der Waals surface area (Å²) in [6.45, 7) is 1.12. The number of aromatic nitrogens is 2. The molecular weight excluding hydrogens is 456 g/mol. The van der Waals surface area contributed by atoms with E-state index in [-0.39, 0.29) is 16.8 Å². The molecule has 1 fully saturated rings. The number of benzene rings is 2. The summed E-state index contributed by atoms with van der Waals surface area (Å²) in [4.78, 5) is 36.9. The second-order valence-electron chi connectivity index (χ2n) is 9.94. The monoisotopic (exact) mass is 484 g/mol. The van der Waals surface area contributed by atoms with Gasteiger partial charge in [0.05, 0.1) is 22.3 Å². The first kappa shape index (κ1) is 22.4. The van der Waals surface area contributed by atoms with Crippen molar-refractivity contribution in [2.24, 2.45) is 11.5 Å². The minimum atomic E-state index is -0.953. The fraction of sp³-hybridized carbons (Fsp3) is 0.321. The molecule has 0 saturated heterocycles. The molecule has 8 heteroatoms. The summed E-state index contributed by atoms with van der Waals surface area (Å²) in [5, 5.41) is 11.4. The normalized spacial score (nSPS) is 16.0. The van der Waals surface area contributed by atoms with E-state index < -0.39 is 17.8 Å². The van der Waals surface area contributed by atoms with E-state index in [1.54, 1.807) is 12.1 Å². The van der Waals surface area contributed by atoms with E-state index in [4.69, 9.17) is 11.5 Å². The number of hydrogen-bond acceptors (Lipinski definition) is 3. The Balaban J connectivity index is 1.77. The molecule has 4 aromatic rings. The summed E-state index contributed by atoms with van der Waals surface area (Å²) in [5.41, 5.74) is 17.0. The van der Waals surface area contributed by atoms with Crippen LogP contribution in [0.3, 0.4) is 0 Å². The summed E-state index contributed by atoms with van der Waals surface area (Å²) < 4.78 is 4.10. The van der Waals surface area contributed by atoms with E-state index in [1.807, 2.05) is 28.8 Å². The van der Waals surface area contributed by atoms with Crippen molar-refractivity contribution < 1.29 is 19.5 Å². The molecule has 1 saturated carbocycles. The van der Waals surface area contributed by atoms with Gasteiger partial charge in [0, 0.05) is 34.9 Å². The third kappa shape index (κ3) is 3.17. The molecule has 0 unspecified atom stereocenters. The lowest BCUT2D eigenvalue weighted by molar-refractivity contribution is 0.0696. The van der Waals surface area contributed by atoms with Gasteiger partial charge in [-0.3, -0.25) is 9.59 Å². The Bertz CT molecular complexity index is 1590. The number of fused-ring (bicyclic) bond motifs is 4. The fourth-order valence-corrected chi connectivity index (χ4v) is 6.55. The van der Waals surface area contributed by atoms with Crippen molar-refractivity contribution in [3.05, 3.63) is 58.8 Å². The van der Waals surface area contributed by atoms with Crippen molar-refractivity contribution in [2.75, 3.05) is 0 Å². The van der Waals surface area contributed by atoms with Crippen LogP contribution in [0.5, 0.6) is 0 Å². The second kappa shape index (κ2) is 8.26. The lowest BCUT2D eigenvalue weighted by Crippen LogP contribution is -2.23. The third-order valence-electron chi connectivity index (χ3n) is 7.94. The molecule has 0 radical (unpaired) electrons. The number of primary amides is 2. The largest absolute Gasteiger partial charge is 0.478 e. The van der Waals surface area contributed by atoms with Gasteiger partial charge < -0.3 is 25.7 Å². The van der Waals surface area contributed by atoms with Crippen molar-refractivity contribution in [3.8, 4) is 11.3 Å². The Kier molecular flexibility index (Phi) is 5.14. The standard InChI is InChI=1S/C28H28N4O4/c29-26(33)22-18-8-4-9-19-23(18)32(25(22)27(30)34)13-5-12-31-20-14-16(28(35)36)10-11-17(20)21(24(19)31)15-6-2-1-3-7-15/h4,8-11,14-15H,1-3,5-7,12-13H2,(H2,29,33)(H2,30,34)(H,35,36). The molecule has 2 aliphatic rings. The molecule has 8 nitrogen and oxygen atoms in total. The van der Waals surface area contributed by atoms with E-state index in [1.165, 1.54) is 12.0 Å². The van der Waals surface area contributed by atoms with Crippen LogP contribution < -0.4 is 11.5 Å². The van der Waals surface area contributed by atoms with Crippen molar-refractivity contribution in [3.63, 3.8) is 0 Å². The highest BCUT2D eigenvalue weighted by atomic mass is 16.4. The highest BCUT2D eigenvalue weighted by Crippen LogP contribution is 2.47. The van der Waals surface area contributed by atoms with Gasteiger partial charge in [-0.25, -0.2) is 4.79 Å². The average Bonchev–Trinajstić information content (AvgIpc) is 3.36. The second-order valence-corrected chi connectivity index (χ2v) is 9.94. The maximum Gasteiger partial charge on any atom is 0.335 e. The molecule has 2 amide bonds. The maximum absolute atomic E-state index is 12.5. The highest BCUT2D eigenvalue weighted by Gasteiger charge is 2.32. The zero-order chi connectivity index (χ0) is 25.1. The van der Waals surface area contributed by atoms with Gasteiger partial charge in [-0.15, -0.1) is 0 Å². The van der Waals surface area contributed by atoms with Gasteiger partial charge in [-0.1, -0.05) is 43.5 Å². The van der Waals surface area contributed by atoms with E-state index in [9.17, 15) is 19.5 Å². The molecule has 1 aliphatic heterocycles. The Morgan fingerprint density at radius 3 is 2.31 bits per heavy atom. The molecule has 6 rings (SSSR count). The zero-order valence-corrected chi connectivity index (χ0v) is 19.9. The van der Waals surface area contributed by atoms with Crippen molar-refractivity contribution in [1.29, 1.82) is 0 Å². The molecule has 2 aromatic carbocycles. The first-order valence-corrected chi connectivity index (χ1v) is 12.5. The summed E-state index contributed by atoms with van der Waals surface area (Å²) in [5.74, 6) is -1.96. The van der Waals surface area contributed by atoms with Gasteiger partial charge in [0.2, 0.25) is 0 Å². The van der Waals surface area contributed by atoms with Gasteiger partial charge in [0.1, 0.15) is 5.69 Å². The van der Waals surface area contributed by atoms with Crippen molar-refractivity contribution >= 4 is 39.6 Å². The Morgan fingerprint density at radius 2 is 1.61 bits per heavy atom. The summed E-state index contributed by atoms with van der Waals surface area (Å²) in [6.07, 6.45) is 6.35. The minimum Gasteiger partial charge on any atom is -0.478 e. The molecule has 0 bridgehead atoms. The minimum absolute atomic E-state index is 0.155. The molecule has 0 spiro atoms.